The monoisotopic (exact) mass is 239 g/mol. The van der Waals surface area contributed by atoms with Crippen LogP contribution in [0.4, 0.5) is 0 Å². The van der Waals surface area contributed by atoms with Gasteiger partial charge >= 0.3 is 0 Å². The molecular formula is C11H17N3O3. The highest BCUT2D eigenvalue weighted by molar-refractivity contribution is 5.92. The molecule has 2 rings (SSSR count). The third kappa shape index (κ3) is 2.82. The van der Waals surface area contributed by atoms with E-state index < -0.39 is 6.10 Å². The molecule has 1 aromatic rings. The number of hydrogen-bond donors (Lipinski definition) is 2. The molecule has 0 radical (unpaired) electrons. The molecule has 17 heavy (non-hydrogen) atoms. The van der Waals surface area contributed by atoms with Crippen molar-refractivity contribution in [1.82, 2.24) is 15.6 Å². The number of aliphatic hydroxyl groups is 1. The van der Waals surface area contributed by atoms with Crippen molar-refractivity contribution in [2.24, 2.45) is 5.92 Å². The largest absolute Gasteiger partial charge is 0.391 e. The highest BCUT2D eigenvalue weighted by Gasteiger charge is 2.24. The maximum Gasteiger partial charge on any atom is 0.275 e. The van der Waals surface area contributed by atoms with Gasteiger partial charge in [0.05, 0.1) is 6.10 Å². The number of carbonyl (C=O) groups is 1. The lowest BCUT2D eigenvalue weighted by molar-refractivity contribution is 0.0832. The van der Waals surface area contributed by atoms with E-state index in [1.54, 1.807) is 6.92 Å². The first-order valence-electron chi connectivity index (χ1n) is 5.94. The second-order valence-electron chi connectivity index (χ2n) is 4.52. The molecule has 1 atom stereocenters. The van der Waals surface area contributed by atoms with Gasteiger partial charge in [0.1, 0.15) is 5.69 Å². The zero-order valence-electron chi connectivity index (χ0n) is 9.85. The molecule has 1 fully saturated rings. The number of aliphatic hydroxyl groups excluding tert-OH is 1. The molecule has 2 N–H and O–H groups in total. The average molecular weight is 239 g/mol. The van der Waals surface area contributed by atoms with E-state index in [4.69, 9.17) is 0 Å². The van der Waals surface area contributed by atoms with E-state index >= 15 is 0 Å². The molecule has 1 saturated carbocycles. The van der Waals surface area contributed by atoms with Gasteiger partial charge in [-0.1, -0.05) is 18.0 Å². The zero-order valence-corrected chi connectivity index (χ0v) is 9.85. The summed E-state index contributed by atoms with van der Waals surface area (Å²) >= 11 is 0. The van der Waals surface area contributed by atoms with Crippen molar-refractivity contribution < 1.29 is 14.5 Å². The van der Waals surface area contributed by atoms with Gasteiger partial charge in [0.15, 0.2) is 5.69 Å². The second kappa shape index (κ2) is 5.27. The predicted octanol–water partition coefficient (Wildman–Crippen LogP) is 0.659. The fraction of sp³-hybridized carbons (Fsp3) is 0.727. The van der Waals surface area contributed by atoms with E-state index in [-0.39, 0.29) is 18.1 Å². The Morgan fingerprint density at radius 2 is 2.24 bits per heavy atom. The molecule has 1 aliphatic carbocycles. The molecule has 0 spiro atoms. The second-order valence-corrected chi connectivity index (χ2v) is 4.52. The summed E-state index contributed by atoms with van der Waals surface area (Å²) < 4.78 is 4.45. The molecule has 1 aliphatic rings. The smallest absolute Gasteiger partial charge is 0.275 e. The summed E-state index contributed by atoms with van der Waals surface area (Å²) in [6, 6.07) is 0. The van der Waals surface area contributed by atoms with Crippen LogP contribution in [-0.2, 0) is 0 Å². The van der Waals surface area contributed by atoms with Gasteiger partial charge in [-0.05, 0) is 30.8 Å². The van der Waals surface area contributed by atoms with Crippen LogP contribution >= 0.6 is 0 Å². The lowest BCUT2D eigenvalue weighted by Gasteiger charge is -2.17. The topological polar surface area (TPSA) is 88.2 Å². The Bertz CT molecular complexity index is 385. The highest BCUT2D eigenvalue weighted by Crippen LogP contribution is 2.27. The Labute approximate surface area is 99.4 Å². The van der Waals surface area contributed by atoms with Crippen molar-refractivity contribution >= 4 is 5.91 Å². The summed E-state index contributed by atoms with van der Waals surface area (Å²) in [5.41, 5.74) is 0.640. The van der Waals surface area contributed by atoms with Crippen molar-refractivity contribution in [2.45, 2.75) is 38.7 Å². The Kier molecular flexibility index (Phi) is 3.73. The van der Waals surface area contributed by atoms with Crippen LogP contribution in [0.5, 0.6) is 0 Å². The van der Waals surface area contributed by atoms with Crippen LogP contribution in [0, 0.1) is 12.8 Å². The van der Waals surface area contributed by atoms with Gasteiger partial charge in [0.25, 0.3) is 5.91 Å². The van der Waals surface area contributed by atoms with E-state index in [2.05, 4.69) is 20.3 Å². The SMILES string of the molecule is Cc1nonc1C(=O)NCC(O)C1CCCC1. The molecule has 0 saturated heterocycles. The number of amides is 1. The van der Waals surface area contributed by atoms with Crippen molar-refractivity contribution in [3.63, 3.8) is 0 Å². The number of nitrogens with zero attached hydrogens (tertiary/aromatic N) is 2. The van der Waals surface area contributed by atoms with E-state index in [0.29, 0.717) is 11.6 Å². The zero-order chi connectivity index (χ0) is 12.3. The molecular weight excluding hydrogens is 222 g/mol. The number of hydrogen-bond acceptors (Lipinski definition) is 5. The van der Waals surface area contributed by atoms with Gasteiger partial charge in [-0.2, -0.15) is 0 Å². The minimum absolute atomic E-state index is 0.184. The van der Waals surface area contributed by atoms with Gasteiger partial charge in [-0.25, -0.2) is 4.63 Å². The summed E-state index contributed by atoms with van der Waals surface area (Å²) in [6.07, 6.45) is 3.95. The summed E-state index contributed by atoms with van der Waals surface area (Å²) in [6.45, 7) is 1.91. The van der Waals surface area contributed by atoms with Crippen molar-refractivity contribution in [3.05, 3.63) is 11.4 Å². The van der Waals surface area contributed by atoms with E-state index in [1.165, 1.54) is 12.8 Å². The van der Waals surface area contributed by atoms with E-state index in [1.807, 2.05) is 0 Å². The molecule has 1 amide bonds. The van der Waals surface area contributed by atoms with Crippen LogP contribution in [-0.4, -0.2) is 34.0 Å². The van der Waals surface area contributed by atoms with Gasteiger partial charge in [0.2, 0.25) is 0 Å². The lowest BCUT2D eigenvalue weighted by atomic mass is 10.0. The first-order valence-corrected chi connectivity index (χ1v) is 5.94. The maximum atomic E-state index is 11.7. The molecule has 1 heterocycles. The van der Waals surface area contributed by atoms with Crippen LogP contribution in [0.15, 0.2) is 4.63 Å². The Hall–Kier alpha value is -1.43. The highest BCUT2D eigenvalue weighted by atomic mass is 16.6. The summed E-state index contributed by atoms with van der Waals surface area (Å²) in [7, 11) is 0. The van der Waals surface area contributed by atoms with Crippen LogP contribution in [0.2, 0.25) is 0 Å². The molecule has 6 heteroatoms. The van der Waals surface area contributed by atoms with Gasteiger partial charge < -0.3 is 10.4 Å². The Morgan fingerprint density at radius 3 is 2.82 bits per heavy atom. The van der Waals surface area contributed by atoms with E-state index in [9.17, 15) is 9.90 Å². The number of rotatable bonds is 4. The molecule has 1 unspecified atom stereocenters. The van der Waals surface area contributed by atoms with Crippen LogP contribution < -0.4 is 5.32 Å². The molecule has 0 aromatic carbocycles. The molecule has 94 valence electrons. The Balaban J connectivity index is 1.82. The lowest BCUT2D eigenvalue weighted by Crippen LogP contribution is -2.36. The standard InChI is InChI=1S/C11H17N3O3/c1-7-10(14-17-13-7)11(16)12-6-9(15)8-4-2-3-5-8/h8-9,15H,2-6H2,1H3,(H,12,16). The minimum atomic E-state index is -0.471. The molecule has 0 bridgehead atoms. The summed E-state index contributed by atoms with van der Waals surface area (Å²) in [5.74, 6) is -0.0346. The minimum Gasteiger partial charge on any atom is -0.391 e. The van der Waals surface area contributed by atoms with E-state index in [0.717, 1.165) is 12.8 Å². The van der Waals surface area contributed by atoms with Gasteiger partial charge in [-0.15, -0.1) is 0 Å². The van der Waals surface area contributed by atoms with Gasteiger partial charge in [-0.3, -0.25) is 4.79 Å². The Morgan fingerprint density at radius 1 is 1.53 bits per heavy atom. The predicted molar refractivity (Wildman–Crippen MR) is 59.3 cm³/mol. The average Bonchev–Trinajstić information content (AvgIpc) is 2.95. The maximum absolute atomic E-state index is 11.7. The van der Waals surface area contributed by atoms with Crippen molar-refractivity contribution in [1.29, 1.82) is 0 Å². The summed E-state index contributed by atoms with van der Waals surface area (Å²) in [4.78, 5) is 11.7. The molecule has 1 aromatic heterocycles. The number of nitrogens with one attached hydrogen (secondary N) is 1. The normalized spacial score (nSPS) is 18.2. The summed E-state index contributed by atoms with van der Waals surface area (Å²) in [5, 5.41) is 19.6. The van der Waals surface area contributed by atoms with Crippen LogP contribution in [0.1, 0.15) is 41.9 Å². The van der Waals surface area contributed by atoms with Crippen molar-refractivity contribution in [3.8, 4) is 0 Å². The first kappa shape index (κ1) is 12.0. The number of aromatic nitrogens is 2. The number of aryl methyl sites for hydroxylation is 1. The van der Waals surface area contributed by atoms with Crippen LogP contribution in [0.25, 0.3) is 0 Å². The fourth-order valence-electron chi connectivity index (χ4n) is 2.23. The molecule has 0 aliphatic heterocycles. The number of carbonyl (C=O) groups excluding carboxylic acids is 1. The third-order valence-electron chi connectivity index (χ3n) is 3.28. The van der Waals surface area contributed by atoms with Crippen LogP contribution in [0.3, 0.4) is 0 Å². The third-order valence-corrected chi connectivity index (χ3v) is 3.28. The fourth-order valence-corrected chi connectivity index (χ4v) is 2.23. The van der Waals surface area contributed by atoms with Gasteiger partial charge in [0, 0.05) is 6.54 Å². The quantitative estimate of drug-likeness (QED) is 0.805. The van der Waals surface area contributed by atoms with Crippen molar-refractivity contribution in [2.75, 3.05) is 6.54 Å². The first-order chi connectivity index (χ1) is 8.18. The molecule has 6 nitrogen and oxygen atoms in total.